The topological polar surface area (TPSA) is 26.0 Å². The van der Waals surface area contributed by atoms with E-state index < -0.39 is 0 Å². The van der Waals surface area contributed by atoms with Crippen LogP contribution in [0.5, 0.6) is 0 Å². The minimum absolute atomic E-state index is 0.536. The Morgan fingerprint density at radius 2 is 1.55 bits per heavy atom. The molecule has 11 heavy (non-hydrogen) atoms. The molecule has 0 amide bonds. The van der Waals surface area contributed by atoms with Gasteiger partial charge in [-0.15, -0.1) is 0 Å². The second kappa shape index (κ2) is 3.14. The van der Waals surface area contributed by atoms with E-state index in [-0.39, 0.29) is 0 Å². The van der Waals surface area contributed by atoms with Crippen molar-refractivity contribution in [2.45, 2.75) is 51.0 Å². The van der Waals surface area contributed by atoms with E-state index in [1.54, 1.807) is 0 Å². The molecule has 64 valence electrons. The van der Waals surface area contributed by atoms with Gasteiger partial charge in [-0.3, -0.25) is 0 Å². The highest BCUT2D eigenvalue weighted by molar-refractivity contribution is 4.84. The van der Waals surface area contributed by atoms with E-state index in [1.165, 1.54) is 44.9 Å². The van der Waals surface area contributed by atoms with Gasteiger partial charge in [-0.2, -0.15) is 0 Å². The average Bonchev–Trinajstić information content (AvgIpc) is 2.04. The number of nitrogens with two attached hydrogens (primary N) is 1. The highest BCUT2D eigenvalue weighted by Crippen LogP contribution is 2.39. The van der Waals surface area contributed by atoms with Gasteiger partial charge in [-0.25, -0.2) is 0 Å². The van der Waals surface area contributed by atoms with Crippen molar-refractivity contribution in [2.75, 3.05) is 0 Å². The number of rotatable bonds is 0. The van der Waals surface area contributed by atoms with Gasteiger partial charge in [0.05, 0.1) is 0 Å². The van der Waals surface area contributed by atoms with Crippen molar-refractivity contribution in [3.05, 3.63) is 0 Å². The summed E-state index contributed by atoms with van der Waals surface area (Å²) in [6.07, 6.45) is 9.96. The SMILES string of the molecule is NC1CC[C@H]2CCCCC2C1. The molecule has 3 atom stereocenters. The molecule has 0 aromatic rings. The minimum atomic E-state index is 0.536. The first kappa shape index (κ1) is 7.60. The standard InChI is InChI=1S/C10H19N/c11-10-6-5-8-3-1-2-4-9(8)7-10/h8-10H,1-7,11H2/t8-,9?,10?/m1/s1. The van der Waals surface area contributed by atoms with Gasteiger partial charge >= 0.3 is 0 Å². The second-order valence-corrected chi connectivity index (χ2v) is 4.38. The molecule has 2 unspecified atom stereocenters. The summed E-state index contributed by atoms with van der Waals surface area (Å²) >= 11 is 0. The Hall–Kier alpha value is -0.0400. The van der Waals surface area contributed by atoms with Gasteiger partial charge in [-0.05, 0) is 31.1 Å². The zero-order valence-corrected chi connectivity index (χ0v) is 7.26. The first-order valence-electron chi connectivity index (χ1n) is 5.12. The Kier molecular flexibility index (Phi) is 2.17. The highest BCUT2D eigenvalue weighted by atomic mass is 14.6. The molecule has 2 aliphatic rings. The molecule has 0 radical (unpaired) electrons. The predicted molar refractivity (Wildman–Crippen MR) is 47.3 cm³/mol. The monoisotopic (exact) mass is 153 g/mol. The summed E-state index contributed by atoms with van der Waals surface area (Å²) in [5.74, 6) is 2.07. The van der Waals surface area contributed by atoms with E-state index in [4.69, 9.17) is 5.73 Å². The molecule has 0 saturated heterocycles. The van der Waals surface area contributed by atoms with Crippen molar-refractivity contribution in [3.8, 4) is 0 Å². The van der Waals surface area contributed by atoms with Crippen LogP contribution in [0.3, 0.4) is 0 Å². The van der Waals surface area contributed by atoms with Crippen molar-refractivity contribution < 1.29 is 0 Å². The molecule has 0 aromatic carbocycles. The van der Waals surface area contributed by atoms with Crippen LogP contribution in [0.2, 0.25) is 0 Å². The molecule has 0 aromatic heterocycles. The van der Waals surface area contributed by atoms with E-state index in [1.807, 2.05) is 0 Å². The van der Waals surface area contributed by atoms with E-state index in [0.29, 0.717) is 6.04 Å². The van der Waals surface area contributed by atoms with Crippen LogP contribution < -0.4 is 5.73 Å². The van der Waals surface area contributed by atoms with Crippen molar-refractivity contribution in [3.63, 3.8) is 0 Å². The molecule has 2 rings (SSSR count). The lowest BCUT2D eigenvalue weighted by molar-refractivity contribution is 0.157. The van der Waals surface area contributed by atoms with Crippen LogP contribution in [-0.2, 0) is 0 Å². The fourth-order valence-electron chi connectivity index (χ4n) is 2.91. The first-order valence-corrected chi connectivity index (χ1v) is 5.12. The molecule has 1 heteroatoms. The van der Waals surface area contributed by atoms with Crippen LogP contribution in [0, 0.1) is 11.8 Å². The lowest BCUT2D eigenvalue weighted by atomic mass is 9.70. The molecule has 0 aliphatic heterocycles. The normalized spacial score (nSPS) is 45.0. The highest BCUT2D eigenvalue weighted by Gasteiger charge is 2.30. The predicted octanol–water partition coefficient (Wildman–Crippen LogP) is 2.30. The Morgan fingerprint density at radius 1 is 0.818 bits per heavy atom. The molecule has 2 saturated carbocycles. The van der Waals surface area contributed by atoms with Crippen molar-refractivity contribution in [2.24, 2.45) is 17.6 Å². The lowest BCUT2D eigenvalue weighted by Gasteiger charge is -2.38. The third kappa shape index (κ3) is 1.58. The Labute approximate surface area is 69.4 Å². The van der Waals surface area contributed by atoms with Gasteiger partial charge in [-0.1, -0.05) is 25.7 Å². The molecule has 2 fully saturated rings. The van der Waals surface area contributed by atoms with Crippen LogP contribution in [0.4, 0.5) is 0 Å². The number of hydrogen-bond acceptors (Lipinski definition) is 1. The van der Waals surface area contributed by atoms with Gasteiger partial charge in [0.25, 0.3) is 0 Å². The molecule has 1 nitrogen and oxygen atoms in total. The first-order chi connectivity index (χ1) is 5.36. The van der Waals surface area contributed by atoms with Crippen molar-refractivity contribution in [1.29, 1.82) is 0 Å². The summed E-state index contributed by atoms with van der Waals surface area (Å²) in [4.78, 5) is 0. The fourth-order valence-corrected chi connectivity index (χ4v) is 2.91. The average molecular weight is 153 g/mol. The van der Waals surface area contributed by atoms with E-state index in [0.717, 1.165) is 11.8 Å². The van der Waals surface area contributed by atoms with Gasteiger partial charge in [0, 0.05) is 6.04 Å². The molecule has 0 spiro atoms. The van der Waals surface area contributed by atoms with Crippen LogP contribution in [-0.4, -0.2) is 6.04 Å². The van der Waals surface area contributed by atoms with Gasteiger partial charge in [0.1, 0.15) is 0 Å². The largest absolute Gasteiger partial charge is 0.328 e. The van der Waals surface area contributed by atoms with Crippen LogP contribution in [0.25, 0.3) is 0 Å². The fraction of sp³-hybridized carbons (Fsp3) is 1.00. The molecule has 2 N–H and O–H groups in total. The van der Waals surface area contributed by atoms with E-state index in [9.17, 15) is 0 Å². The molecule has 0 heterocycles. The molecular weight excluding hydrogens is 134 g/mol. The molecular formula is C10H19N. The third-order valence-electron chi connectivity index (χ3n) is 3.58. The van der Waals surface area contributed by atoms with Crippen LogP contribution >= 0.6 is 0 Å². The maximum absolute atomic E-state index is 5.94. The second-order valence-electron chi connectivity index (χ2n) is 4.38. The summed E-state index contributed by atoms with van der Waals surface area (Å²) in [6, 6.07) is 0.536. The van der Waals surface area contributed by atoms with Crippen LogP contribution in [0.15, 0.2) is 0 Å². The van der Waals surface area contributed by atoms with Crippen molar-refractivity contribution in [1.82, 2.24) is 0 Å². The zero-order valence-electron chi connectivity index (χ0n) is 7.26. The summed E-state index contributed by atoms with van der Waals surface area (Å²) in [7, 11) is 0. The van der Waals surface area contributed by atoms with E-state index in [2.05, 4.69) is 0 Å². The van der Waals surface area contributed by atoms with Crippen LogP contribution in [0.1, 0.15) is 44.9 Å². The van der Waals surface area contributed by atoms with Crippen molar-refractivity contribution >= 4 is 0 Å². The minimum Gasteiger partial charge on any atom is -0.328 e. The van der Waals surface area contributed by atoms with E-state index >= 15 is 0 Å². The van der Waals surface area contributed by atoms with Gasteiger partial charge < -0.3 is 5.73 Å². The Morgan fingerprint density at radius 3 is 2.36 bits per heavy atom. The third-order valence-corrected chi connectivity index (χ3v) is 3.58. The van der Waals surface area contributed by atoms with Gasteiger partial charge in [0.2, 0.25) is 0 Å². The summed E-state index contributed by atoms with van der Waals surface area (Å²) in [5.41, 5.74) is 5.94. The maximum Gasteiger partial charge on any atom is 0.00416 e. The zero-order chi connectivity index (χ0) is 7.68. The quantitative estimate of drug-likeness (QED) is 0.568. The number of hydrogen-bond donors (Lipinski definition) is 1. The van der Waals surface area contributed by atoms with Gasteiger partial charge in [0.15, 0.2) is 0 Å². The Balaban J connectivity index is 1.93. The molecule has 2 aliphatic carbocycles. The summed E-state index contributed by atoms with van der Waals surface area (Å²) in [6.45, 7) is 0. The smallest absolute Gasteiger partial charge is 0.00416 e. The summed E-state index contributed by atoms with van der Waals surface area (Å²) < 4.78 is 0. The Bertz CT molecular complexity index is 133. The lowest BCUT2D eigenvalue weighted by Crippen LogP contribution is -2.34. The number of fused-ring (bicyclic) bond motifs is 1. The molecule has 0 bridgehead atoms. The summed E-state index contributed by atoms with van der Waals surface area (Å²) in [5, 5.41) is 0. The maximum atomic E-state index is 5.94.